The molecule has 1 atom stereocenters. The molecular weight excluding hydrogens is 877 g/mol. The number of unbranched alkanes of at least 4 members (excludes halogenated alkanes) is 35. The van der Waals surface area contributed by atoms with Gasteiger partial charge in [-0.15, -0.1) is 0 Å². The van der Waals surface area contributed by atoms with Crippen LogP contribution in [0.5, 0.6) is 0 Å². The van der Waals surface area contributed by atoms with Gasteiger partial charge in [0.2, 0.25) is 0 Å². The van der Waals surface area contributed by atoms with Crippen molar-refractivity contribution in [1.82, 2.24) is 0 Å². The van der Waals surface area contributed by atoms with Gasteiger partial charge in [0.15, 0.2) is 6.10 Å². The summed E-state index contributed by atoms with van der Waals surface area (Å²) < 4.78 is 16.9. The zero-order valence-electron chi connectivity index (χ0n) is 47.2. The van der Waals surface area contributed by atoms with Crippen LogP contribution >= 0.6 is 0 Å². The second-order valence-corrected chi connectivity index (χ2v) is 20.6. The predicted octanol–water partition coefficient (Wildman–Crippen LogP) is 20.8. The summed E-state index contributed by atoms with van der Waals surface area (Å²) in [7, 11) is 0. The van der Waals surface area contributed by atoms with E-state index in [9.17, 15) is 14.4 Å². The highest BCUT2D eigenvalue weighted by Crippen LogP contribution is 2.16. The van der Waals surface area contributed by atoms with Gasteiger partial charge in [0, 0.05) is 19.3 Å². The van der Waals surface area contributed by atoms with Gasteiger partial charge in [-0.05, 0) is 89.9 Å². The number of ether oxygens (including phenoxy) is 3. The summed E-state index contributed by atoms with van der Waals surface area (Å²) in [6.07, 6.45) is 74.9. The Balaban J connectivity index is 4.39. The first kappa shape index (κ1) is 68.1. The quantitative estimate of drug-likeness (QED) is 0.0261. The maximum Gasteiger partial charge on any atom is 0.306 e. The molecule has 71 heavy (non-hydrogen) atoms. The molecule has 0 saturated heterocycles. The molecular formula is C65H116O6. The molecule has 0 spiro atoms. The van der Waals surface area contributed by atoms with E-state index in [1.165, 1.54) is 186 Å². The van der Waals surface area contributed by atoms with E-state index >= 15 is 0 Å². The van der Waals surface area contributed by atoms with E-state index in [1.807, 2.05) is 0 Å². The number of hydrogen-bond acceptors (Lipinski definition) is 6. The van der Waals surface area contributed by atoms with Crippen molar-refractivity contribution in [2.45, 2.75) is 322 Å². The van der Waals surface area contributed by atoms with Gasteiger partial charge < -0.3 is 14.2 Å². The van der Waals surface area contributed by atoms with Gasteiger partial charge in [0.1, 0.15) is 13.2 Å². The van der Waals surface area contributed by atoms with Crippen molar-refractivity contribution in [2.24, 2.45) is 0 Å². The van der Waals surface area contributed by atoms with Crippen LogP contribution in [-0.4, -0.2) is 37.2 Å². The normalized spacial score (nSPS) is 12.4. The molecule has 0 aromatic heterocycles. The Labute approximate surface area is 440 Å². The van der Waals surface area contributed by atoms with Crippen molar-refractivity contribution in [1.29, 1.82) is 0 Å². The topological polar surface area (TPSA) is 78.9 Å². The van der Waals surface area contributed by atoms with Crippen LogP contribution in [0.2, 0.25) is 0 Å². The Morgan fingerprint density at radius 2 is 0.507 bits per heavy atom. The zero-order valence-corrected chi connectivity index (χ0v) is 47.2. The van der Waals surface area contributed by atoms with Gasteiger partial charge in [-0.3, -0.25) is 14.4 Å². The number of allylic oxidation sites excluding steroid dienone is 10. The molecule has 0 aliphatic rings. The molecule has 0 bridgehead atoms. The van der Waals surface area contributed by atoms with E-state index < -0.39 is 6.10 Å². The Morgan fingerprint density at radius 3 is 0.817 bits per heavy atom. The van der Waals surface area contributed by atoms with E-state index in [4.69, 9.17) is 14.2 Å². The number of hydrogen-bond donors (Lipinski definition) is 0. The lowest BCUT2D eigenvalue weighted by atomic mass is 10.0. The lowest BCUT2D eigenvalue weighted by Gasteiger charge is -2.18. The summed E-state index contributed by atoms with van der Waals surface area (Å²) in [5, 5.41) is 0. The Morgan fingerprint density at radius 1 is 0.282 bits per heavy atom. The molecule has 0 N–H and O–H groups in total. The Kier molecular flexibility index (Phi) is 57.2. The van der Waals surface area contributed by atoms with Crippen molar-refractivity contribution < 1.29 is 28.6 Å². The van der Waals surface area contributed by atoms with Crippen molar-refractivity contribution >= 4 is 17.9 Å². The minimum atomic E-state index is -0.787. The Hall–Kier alpha value is -2.89. The summed E-state index contributed by atoms with van der Waals surface area (Å²) >= 11 is 0. The summed E-state index contributed by atoms with van der Waals surface area (Å²) in [4.78, 5) is 38.3. The molecule has 0 radical (unpaired) electrons. The fourth-order valence-electron chi connectivity index (χ4n) is 8.83. The van der Waals surface area contributed by atoms with Crippen LogP contribution in [0.4, 0.5) is 0 Å². The maximum absolute atomic E-state index is 12.9. The number of esters is 3. The number of carbonyl (C=O) groups is 3. The largest absolute Gasteiger partial charge is 0.462 e. The van der Waals surface area contributed by atoms with Gasteiger partial charge in [-0.2, -0.15) is 0 Å². The second kappa shape index (κ2) is 59.7. The molecule has 6 nitrogen and oxygen atoms in total. The van der Waals surface area contributed by atoms with Gasteiger partial charge >= 0.3 is 17.9 Å². The average Bonchev–Trinajstić information content (AvgIpc) is 3.37. The highest BCUT2D eigenvalue weighted by molar-refractivity contribution is 5.71. The standard InChI is InChI=1S/C65H116O6/c1-4-7-10-13-16-19-22-25-28-31-32-35-37-40-43-46-49-52-55-58-64(67)70-61-62(71-65(68)59-56-53-50-47-44-41-38-34-30-27-24-21-18-15-12-9-6-3)60-69-63(66)57-54-51-48-45-42-39-36-33-29-26-23-20-17-14-11-8-5-2/h16,18-19,21,25,27-28,30,38,41,62H,4-15,17,20,22-24,26,29,31-37,39-40,42-61H2,1-3H3/b19-16-,21-18-,28-25-,30-27-,41-38-/t62-/m0/s1. The van der Waals surface area contributed by atoms with E-state index in [-0.39, 0.29) is 31.1 Å². The third-order valence-corrected chi connectivity index (χ3v) is 13.5. The molecule has 0 amide bonds. The molecule has 0 fully saturated rings. The van der Waals surface area contributed by atoms with Crippen molar-refractivity contribution in [2.75, 3.05) is 13.2 Å². The van der Waals surface area contributed by atoms with Crippen LogP contribution in [0.15, 0.2) is 60.8 Å². The molecule has 0 saturated carbocycles. The Bertz CT molecular complexity index is 1280. The molecule has 0 heterocycles. The van der Waals surface area contributed by atoms with Crippen molar-refractivity contribution in [3.8, 4) is 0 Å². The van der Waals surface area contributed by atoms with Gasteiger partial charge in [0.05, 0.1) is 0 Å². The van der Waals surface area contributed by atoms with Gasteiger partial charge in [0.25, 0.3) is 0 Å². The molecule has 0 aliphatic carbocycles. The molecule has 0 unspecified atom stereocenters. The molecule has 0 aliphatic heterocycles. The van der Waals surface area contributed by atoms with Crippen molar-refractivity contribution in [3.63, 3.8) is 0 Å². The van der Waals surface area contributed by atoms with Gasteiger partial charge in [-0.1, -0.05) is 268 Å². The third-order valence-electron chi connectivity index (χ3n) is 13.5. The number of carbonyl (C=O) groups excluding carboxylic acids is 3. The van der Waals surface area contributed by atoms with Crippen LogP contribution in [0.3, 0.4) is 0 Å². The zero-order chi connectivity index (χ0) is 51.4. The molecule has 412 valence electrons. The fraction of sp³-hybridized carbons (Fsp3) is 0.800. The molecule has 0 rings (SSSR count). The third kappa shape index (κ3) is 57.9. The van der Waals surface area contributed by atoms with Crippen molar-refractivity contribution in [3.05, 3.63) is 60.8 Å². The van der Waals surface area contributed by atoms with Crippen LogP contribution in [-0.2, 0) is 28.6 Å². The maximum atomic E-state index is 12.9. The summed E-state index contributed by atoms with van der Waals surface area (Å²) in [5.41, 5.74) is 0. The first-order valence-electron chi connectivity index (χ1n) is 30.8. The minimum Gasteiger partial charge on any atom is -0.462 e. The predicted molar refractivity (Wildman–Crippen MR) is 307 cm³/mol. The van der Waals surface area contributed by atoms with Crippen LogP contribution < -0.4 is 0 Å². The SMILES string of the molecule is CCCCC/C=C\C/C=C\C/C=C\CCCCCCC(=O)O[C@H](COC(=O)CCCCCCCCCCC/C=C\C/C=C\CCCCC)COC(=O)CCCCCCCCCCCCCCCCCCC. The number of rotatable bonds is 56. The fourth-order valence-corrected chi connectivity index (χ4v) is 8.83. The van der Waals surface area contributed by atoms with Crippen LogP contribution in [0.1, 0.15) is 316 Å². The first-order chi connectivity index (χ1) is 35.0. The monoisotopic (exact) mass is 993 g/mol. The van der Waals surface area contributed by atoms with Crippen LogP contribution in [0, 0.1) is 0 Å². The van der Waals surface area contributed by atoms with Gasteiger partial charge in [-0.25, -0.2) is 0 Å². The second-order valence-electron chi connectivity index (χ2n) is 20.6. The summed E-state index contributed by atoms with van der Waals surface area (Å²) in [5.74, 6) is -0.891. The average molecular weight is 994 g/mol. The molecule has 6 heteroatoms. The van der Waals surface area contributed by atoms with E-state index in [0.717, 1.165) is 89.9 Å². The highest BCUT2D eigenvalue weighted by atomic mass is 16.6. The lowest BCUT2D eigenvalue weighted by molar-refractivity contribution is -0.167. The summed E-state index contributed by atoms with van der Waals surface area (Å²) in [6.45, 7) is 6.61. The minimum absolute atomic E-state index is 0.0817. The molecule has 0 aromatic carbocycles. The molecule has 0 aromatic rings. The van der Waals surface area contributed by atoms with E-state index in [2.05, 4.69) is 81.5 Å². The highest BCUT2D eigenvalue weighted by Gasteiger charge is 2.19. The first-order valence-corrected chi connectivity index (χ1v) is 30.8. The lowest BCUT2D eigenvalue weighted by Crippen LogP contribution is -2.30. The van der Waals surface area contributed by atoms with E-state index in [1.54, 1.807) is 0 Å². The summed E-state index contributed by atoms with van der Waals surface area (Å²) in [6, 6.07) is 0. The van der Waals surface area contributed by atoms with Crippen LogP contribution in [0.25, 0.3) is 0 Å². The van der Waals surface area contributed by atoms with E-state index in [0.29, 0.717) is 19.3 Å². The smallest absolute Gasteiger partial charge is 0.306 e.